The number of aryl methyl sites for hydroxylation is 2. The quantitative estimate of drug-likeness (QED) is 0.328. The van der Waals surface area contributed by atoms with Crippen LogP contribution in [0.3, 0.4) is 0 Å². The third-order valence-electron chi connectivity index (χ3n) is 2.55. The molecule has 0 fully saturated rings. The molecule has 5 heteroatoms. The van der Waals surface area contributed by atoms with Crippen molar-refractivity contribution in [1.29, 1.82) is 0 Å². The Hall–Kier alpha value is -1.24. The number of phenolic OH excluding ortho intramolecular Hbond substituents is 1. The monoisotopic (exact) mass is 375 g/mol. The second-order valence-corrected chi connectivity index (χ2v) is 4.59. The van der Waals surface area contributed by atoms with E-state index in [2.05, 4.69) is 16.9 Å². The van der Waals surface area contributed by atoms with Crippen LogP contribution in [0.25, 0.3) is 0 Å². The van der Waals surface area contributed by atoms with E-state index < -0.39 is 0 Å². The van der Waals surface area contributed by atoms with Gasteiger partial charge in [-0.1, -0.05) is 24.3 Å². The molecule has 0 aromatic heterocycles. The van der Waals surface area contributed by atoms with Gasteiger partial charge < -0.3 is 16.2 Å². The van der Waals surface area contributed by atoms with Crippen LogP contribution in [0.15, 0.2) is 29.3 Å². The van der Waals surface area contributed by atoms with Crippen molar-refractivity contribution in [1.82, 2.24) is 5.32 Å². The lowest BCUT2D eigenvalue weighted by Crippen LogP contribution is -2.32. The van der Waals surface area contributed by atoms with Gasteiger partial charge in [0.1, 0.15) is 5.75 Å². The Morgan fingerprint density at radius 1 is 1.37 bits per heavy atom. The third-order valence-corrected chi connectivity index (χ3v) is 2.55. The molecule has 1 aromatic carbocycles. The van der Waals surface area contributed by atoms with Crippen LogP contribution in [0, 0.1) is 13.8 Å². The minimum absolute atomic E-state index is 0. The number of nitrogens with one attached hydrogen (secondary N) is 1. The Morgan fingerprint density at radius 3 is 2.37 bits per heavy atom. The maximum atomic E-state index is 9.67. The van der Waals surface area contributed by atoms with Crippen molar-refractivity contribution in [3.05, 3.63) is 41.0 Å². The van der Waals surface area contributed by atoms with Crippen molar-refractivity contribution in [3.63, 3.8) is 0 Å². The van der Waals surface area contributed by atoms with E-state index in [4.69, 9.17) is 5.73 Å². The molecular formula is C14H22IN3O. The first kappa shape index (κ1) is 17.8. The van der Waals surface area contributed by atoms with E-state index in [1.165, 1.54) is 0 Å². The molecule has 0 saturated heterocycles. The lowest BCUT2D eigenvalue weighted by molar-refractivity contribution is 0.466. The van der Waals surface area contributed by atoms with Gasteiger partial charge in [0.05, 0.1) is 6.54 Å². The smallest absolute Gasteiger partial charge is 0.189 e. The van der Waals surface area contributed by atoms with E-state index in [9.17, 15) is 5.11 Å². The Balaban J connectivity index is 0.00000324. The Kier molecular flexibility index (Phi) is 7.51. The Labute approximate surface area is 131 Å². The lowest BCUT2D eigenvalue weighted by Gasteiger charge is -2.07. The van der Waals surface area contributed by atoms with Crippen LogP contribution in [0.2, 0.25) is 0 Å². The van der Waals surface area contributed by atoms with Gasteiger partial charge in [0.15, 0.2) is 5.96 Å². The lowest BCUT2D eigenvalue weighted by atomic mass is 10.1. The molecule has 1 aromatic rings. The molecule has 4 N–H and O–H groups in total. The first-order valence-electron chi connectivity index (χ1n) is 5.87. The number of hydrogen-bond acceptors (Lipinski definition) is 2. The predicted molar refractivity (Wildman–Crippen MR) is 91.1 cm³/mol. The molecule has 0 heterocycles. The van der Waals surface area contributed by atoms with Crippen LogP contribution in [0.5, 0.6) is 5.75 Å². The molecule has 0 aliphatic carbocycles. The van der Waals surface area contributed by atoms with Gasteiger partial charge in [-0.3, -0.25) is 0 Å². The van der Waals surface area contributed by atoms with Gasteiger partial charge in [0.25, 0.3) is 0 Å². The maximum absolute atomic E-state index is 9.67. The largest absolute Gasteiger partial charge is 0.507 e. The standard InChI is InChI=1S/C14H21N3O.HI/c1-9(2)7-16-14(15)17-8-12-5-10(3)13(18)11(4)6-12;/h5-6,18H,1,7-8H2,2-4H3,(H3,15,16,17);1H. The van der Waals surface area contributed by atoms with E-state index in [-0.39, 0.29) is 24.0 Å². The molecule has 19 heavy (non-hydrogen) atoms. The van der Waals surface area contributed by atoms with Crippen molar-refractivity contribution in [2.24, 2.45) is 10.7 Å². The Bertz CT molecular complexity index is 461. The second-order valence-electron chi connectivity index (χ2n) is 4.59. The number of rotatable bonds is 4. The summed E-state index contributed by atoms with van der Waals surface area (Å²) in [6.45, 7) is 10.6. The fourth-order valence-corrected chi connectivity index (χ4v) is 1.61. The second kappa shape index (κ2) is 8.04. The van der Waals surface area contributed by atoms with Crippen molar-refractivity contribution >= 4 is 29.9 Å². The van der Waals surface area contributed by atoms with Crippen LogP contribution in [0.1, 0.15) is 23.6 Å². The molecule has 0 spiro atoms. The summed E-state index contributed by atoms with van der Waals surface area (Å²) in [6.07, 6.45) is 0. The molecular weight excluding hydrogens is 353 g/mol. The normalized spacial score (nSPS) is 10.8. The fourth-order valence-electron chi connectivity index (χ4n) is 1.61. The number of aromatic hydroxyl groups is 1. The van der Waals surface area contributed by atoms with Gasteiger partial charge in [0, 0.05) is 6.54 Å². The molecule has 1 rings (SSSR count). The summed E-state index contributed by atoms with van der Waals surface area (Å²) in [7, 11) is 0. The summed E-state index contributed by atoms with van der Waals surface area (Å²) in [6, 6.07) is 3.83. The van der Waals surface area contributed by atoms with Gasteiger partial charge in [0.2, 0.25) is 0 Å². The highest BCUT2D eigenvalue weighted by molar-refractivity contribution is 14.0. The number of benzene rings is 1. The number of hydrogen-bond donors (Lipinski definition) is 3. The summed E-state index contributed by atoms with van der Waals surface area (Å²) in [5, 5.41) is 12.6. The molecule has 0 aliphatic rings. The van der Waals surface area contributed by atoms with Crippen LogP contribution in [-0.2, 0) is 6.54 Å². The minimum atomic E-state index is 0. The highest BCUT2D eigenvalue weighted by Crippen LogP contribution is 2.23. The number of nitrogens with zero attached hydrogens (tertiary/aromatic N) is 1. The number of nitrogens with two attached hydrogens (primary N) is 1. The van der Waals surface area contributed by atoms with Gasteiger partial charge in [-0.25, -0.2) is 4.99 Å². The van der Waals surface area contributed by atoms with Crippen molar-refractivity contribution in [2.45, 2.75) is 27.3 Å². The molecule has 106 valence electrons. The number of halogens is 1. The Morgan fingerprint density at radius 2 is 1.89 bits per heavy atom. The molecule has 4 nitrogen and oxygen atoms in total. The SMILES string of the molecule is C=C(C)CNC(N)=NCc1cc(C)c(O)c(C)c1.I. The first-order chi connectivity index (χ1) is 8.40. The summed E-state index contributed by atoms with van der Waals surface area (Å²) < 4.78 is 0. The van der Waals surface area contributed by atoms with E-state index in [1.807, 2.05) is 32.9 Å². The first-order valence-corrected chi connectivity index (χ1v) is 5.87. The predicted octanol–water partition coefficient (Wildman–Crippen LogP) is 2.61. The molecule has 0 amide bonds. The van der Waals surface area contributed by atoms with Gasteiger partial charge in [-0.2, -0.15) is 0 Å². The van der Waals surface area contributed by atoms with Crippen molar-refractivity contribution < 1.29 is 5.11 Å². The fraction of sp³-hybridized carbons (Fsp3) is 0.357. The van der Waals surface area contributed by atoms with Crippen LogP contribution in [-0.4, -0.2) is 17.6 Å². The van der Waals surface area contributed by atoms with Crippen molar-refractivity contribution in [3.8, 4) is 5.75 Å². The van der Waals surface area contributed by atoms with Crippen LogP contribution >= 0.6 is 24.0 Å². The number of aliphatic imine (C=N–C) groups is 1. The highest BCUT2D eigenvalue weighted by Gasteiger charge is 2.03. The van der Waals surface area contributed by atoms with Gasteiger partial charge in [-0.05, 0) is 37.5 Å². The third kappa shape index (κ3) is 5.96. The minimum Gasteiger partial charge on any atom is -0.507 e. The molecule has 0 bridgehead atoms. The topological polar surface area (TPSA) is 70.6 Å². The molecule has 0 atom stereocenters. The summed E-state index contributed by atoms with van der Waals surface area (Å²) >= 11 is 0. The van der Waals surface area contributed by atoms with Gasteiger partial charge in [-0.15, -0.1) is 24.0 Å². The average molecular weight is 375 g/mol. The zero-order valence-electron chi connectivity index (χ0n) is 11.7. The number of phenols is 1. The zero-order chi connectivity index (χ0) is 13.7. The maximum Gasteiger partial charge on any atom is 0.189 e. The van der Waals surface area contributed by atoms with Crippen LogP contribution in [0.4, 0.5) is 0 Å². The molecule has 0 unspecified atom stereocenters. The zero-order valence-corrected chi connectivity index (χ0v) is 14.0. The van der Waals surface area contributed by atoms with Crippen LogP contribution < -0.4 is 11.1 Å². The molecule has 0 radical (unpaired) electrons. The van der Waals surface area contributed by atoms with Gasteiger partial charge >= 0.3 is 0 Å². The van der Waals surface area contributed by atoms with E-state index in [0.717, 1.165) is 22.3 Å². The summed E-state index contributed by atoms with van der Waals surface area (Å²) in [4.78, 5) is 4.24. The molecule has 0 saturated carbocycles. The number of guanidine groups is 1. The van der Waals surface area contributed by atoms with E-state index >= 15 is 0 Å². The van der Waals surface area contributed by atoms with Crippen molar-refractivity contribution in [2.75, 3.05) is 6.54 Å². The van der Waals surface area contributed by atoms with E-state index in [1.54, 1.807) is 0 Å². The summed E-state index contributed by atoms with van der Waals surface area (Å²) in [5.41, 5.74) is 9.47. The van der Waals surface area contributed by atoms with E-state index in [0.29, 0.717) is 24.8 Å². The summed E-state index contributed by atoms with van der Waals surface area (Å²) in [5.74, 6) is 0.748. The average Bonchev–Trinajstić information content (AvgIpc) is 2.30. The highest BCUT2D eigenvalue weighted by atomic mass is 127. The molecule has 0 aliphatic heterocycles.